The zero-order valence-corrected chi connectivity index (χ0v) is 11.4. The molecule has 0 aliphatic heterocycles. The molecule has 0 saturated carbocycles. The standard InChI is InChI=1S/C14H14BrNO/c1-9-3-5-13(10(2)7-9)17-14-6-4-11(15)8-12(14)16/h3-8H,16H2,1-2H3. The van der Waals surface area contributed by atoms with E-state index >= 15 is 0 Å². The van der Waals surface area contributed by atoms with Crippen LogP contribution < -0.4 is 10.5 Å². The van der Waals surface area contributed by atoms with Gasteiger partial charge in [-0.15, -0.1) is 0 Å². The second-order valence-electron chi connectivity index (χ2n) is 4.05. The van der Waals surface area contributed by atoms with Crippen LogP contribution in [0.3, 0.4) is 0 Å². The van der Waals surface area contributed by atoms with E-state index in [2.05, 4.69) is 28.9 Å². The van der Waals surface area contributed by atoms with Crippen LogP contribution in [0.25, 0.3) is 0 Å². The minimum atomic E-state index is 0.624. The molecule has 0 bridgehead atoms. The van der Waals surface area contributed by atoms with E-state index in [9.17, 15) is 0 Å². The second-order valence-corrected chi connectivity index (χ2v) is 4.97. The number of nitrogens with two attached hydrogens (primary N) is 1. The van der Waals surface area contributed by atoms with Crippen molar-refractivity contribution in [1.29, 1.82) is 0 Å². The maximum atomic E-state index is 5.89. The van der Waals surface area contributed by atoms with Crippen LogP contribution in [0.2, 0.25) is 0 Å². The van der Waals surface area contributed by atoms with Crippen LogP contribution in [0.4, 0.5) is 5.69 Å². The summed E-state index contributed by atoms with van der Waals surface area (Å²) in [7, 11) is 0. The van der Waals surface area contributed by atoms with E-state index in [0.29, 0.717) is 11.4 Å². The molecule has 0 aliphatic carbocycles. The highest BCUT2D eigenvalue weighted by molar-refractivity contribution is 9.10. The first-order valence-corrected chi connectivity index (χ1v) is 6.15. The number of aryl methyl sites for hydroxylation is 2. The van der Waals surface area contributed by atoms with Gasteiger partial charge in [0.2, 0.25) is 0 Å². The van der Waals surface area contributed by atoms with Gasteiger partial charge in [0.05, 0.1) is 5.69 Å². The van der Waals surface area contributed by atoms with Crippen LogP contribution in [0.1, 0.15) is 11.1 Å². The Balaban J connectivity index is 2.31. The lowest BCUT2D eigenvalue weighted by Crippen LogP contribution is -1.93. The third-order valence-electron chi connectivity index (χ3n) is 2.52. The molecule has 0 spiro atoms. The predicted octanol–water partition coefficient (Wildman–Crippen LogP) is 4.44. The van der Waals surface area contributed by atoms with E-state index in [1.807, 2.05) is 37.3 Å². The van der Waals surface area contributed by atoms with Gasteiger partial charge in [-0.05, 0) is 43.7 Å². The number of anilines is 1. The van der Waals surface area contributed by atoms with Crippen molar-refractivity contribution in [3.8, 4) is 11.5 Å². The van der Waals surface area contributed by atoms with Crippen LogP contribution in [0.5, 0.6) is 11.5 Å². The summed E-state index contributed by atoms with van der Waals surface area (Å²) < 4.78 is 6.75. The Morgan fingerprint density at radius 3 is 2.35 bits per heavy atom. The molecule has 0 amide bonds. The van der Waals surface area contributed by atoms with E-state index in [1.165, 1.54) is 5.56 Å². The van der Waals surface area contributed by atoms with E-state index in [1.54, 1.807) is 0 Å². The Kier molecular flexibility index (Phi) is 3.38. The van der Waals surface area contributed by atoms with Crippen LogP contribution in [0.15, 0.2) is 40.9 Å². The van der Waals surface area contributed by atoms with Crippen LogP contribution in [-0.2, 0) is 0 Å². The lowest BCUT2D eigenvalue weighted by atomic mass is 10.1. The number of rotatable bonds is 2. The molecule has 88 valence electrons. The van der Waals surface area contributed by atoms with Crippen molar-refractivity contribution in [3.63, 3.8) is 0 Å². The van der Waals surface area contributed by atoms with E-state index in [0.717, 1.165) is 15.8 Å². The highest BCUT2D eigenvalue weighted by Crippen LogP contribution is 2.31. The van der Waals surface area contributed by atoms with Crippen molar-refractivity contribution in [2.45, 2.75) is 13.8 Å². The number of benzene rings is 2. The van der Waals surface area contributed by atoms with Crippen molar-refractivity contribution in [1.82, 2.24) is 0 Å². The minimum Gasteiger partial charge on any atom is -0.455 e. The Hall–Kier alpha value is -1.48. The first-order chi connectivity index (χ1) is 8.06. The normalized spacial score (nSPS) is 10.3. The van der Waals surface area contributed by atoms with Crippen molar-refractivity contribution in [2.24, 2.45) is 0 Å². The first-order valence-electron chi connectivity index (χ1n) is 5.36. The summed E-state index contributed by atoms with van der Waals surface area (Å²) in [5.74, 6) is 1.52. The quantitative estimate of drug-likeness (QED) is 0.830. The zero-order valence-electron chi connectivity index (χ0n) is 9.83. The minimum absolute atomic E-state index is 0.624. The molecular weight excluding hydrogens is 278 g/mol. The molecule has 2 aromatic rings. The molecule has 0 saturated heterocycles. The van der Waals surface area contributed by atoms with E-state index in [-0.39, 0.29) is 0 Å². The largest absolute Gasteiger partial charge is 0.455 e. The van der Waals surface area contributed by atoms with Gasteiger partial charge in [-0.1, -0.05) is 33.6 Å². The summed E-state index contributed by atoms with van der Waals surface area (Å²) in [6.45, 7) is 4.09. The summed E-state index contributed by atoms with van der Waals surface area (Å²) in [5.41, 5.74) is 8.84. The molecule has 0 fully saturated rings. The Bertz CT molecular complexity index is 502. The number of hydrogen-bond acceptors (Lipinski definition) is 2. The average molecular weight is 292 g/mol. The summed E-state index contributed by atoms with van der Waals surface area (Å²) in [6.07, 6.45) is 0. The van der Waals surface area contributed by atoms with Gasteiger partial charge in [0.25, 0.3) is 0 Å². The summed E-state index contributed by atoms with van der Waals surface area (Å²) in [6, 6.07) is 11.7. The molecule has 0 aliphatic rings. The summed E-state index contributed by atoms with van der Waals surface area (Å²) in [4.78, 5) is 0. The monoisotopic (exact) mass is 291 g/mol. The molecule has 0 unspecified atom stereocenters. The van der Waals surface area contributed by atoms with E-state index in [4.69, 9.17) is 10.5 Å². The van der Waals surface area contributed by atoms with Gasteiger partial charge < -0.3 is 10.5 Å². The zero-order chi connectivity index (χ0) is 12.4. The third kappa shape index (κ3) is 2.80. The summed E-state index contributed by atoms with van der Waals surface area (Å²) in [5, 5.41) is 0. The van der Waals surface area contributed by atoms with Gasteiger partial charge in [0.15, 0.2) is 0 Å². The second kappa shape index (κ2) is 4.80. The molecular formula is C14H14BrNO. The molecule has 2 rings (SSSR count). The van der Waals surface area contributed by atoms with Crippen LogP contribution >= 0.6 is 15.9 Å². The van der Waals surface area contributed by atoms with Crippen LogP contribution in [0, 0.1) is 13.8 Å². The van der Waals surface area contributed by atoms with Gasteiger partial charge >= 0.3 is 0 Å². The van der Waals surface area contributed by atoms with Crippen molar-refractivity contribution in [2.75, 3.05) is 5.73 Å². The Labute approximate surface area is 110 Å². The fourth-order valence-corrected chi connectivity index (χ4v) is 2.02. The van der Waals surface area contributed by atoms with Crippen molar-refractivity contribution < 1.29 is 4.74 Å². The molecule has 3 heteroatoms. The van der Waals surface area contributed by atoms with Gasteiger partial charge in [-0.2, -0.15) is 0 Å². The van der Waals surface area contributed by atoms with Gasteiger partial charge in [0, 0.05) is 4.47 Å². The molecule has 0 heterocycles. The SMILES string of the molecule is Cc1ccc(Oc2ccc(Br)cc2N)c(C)c1. The highest BCUT2D eigenvalue weighted by Gasteiger charge is 2.05. The number of hydrogen-bond donors (Lipinski definition) is 1. The van der Waals surface area contributed by atoms with Crippen LogP contribution in [-0.4, -0.2) is 0 Å². The number of nitrogen functional groups attached to an aromatic ring is 1. The molecule has 2 nitrogen and oxygen atoms in total. The number of ether oxygens (including phenoxy) is 1. The van der Waals surface area contributed by atoms with Gasteiger partial charge in [-0.3, -0.25) is 0 Å². The molecule has 0 atom stereocenters. The molecule has 0 aromatic heterocycles. The molecule has 0 radical (unpaired) electrons. The van der Waals surface area contributed by atoms with Gasteiger partial charge in [0.1, 0.15) is 11.5 Å². The lowest BCUT2D eigenvalue weighted by Gasteiger charge is -2.11. The fourth-order valence-electron chi connectivity index (χ4n) is 1.64. The maximum absolute atomic E-state index is 5.89. The predicted molar refractivity (Wildman–Crippen MR) is 74.5 cm³/mol. The summed E-state index contributed by atoms with van der Waals surface area (Å²) >= 11 is 3.37. The highest BCUT2D eigenvalue weighted by atomic mass is 79.9. The topological polar surface area (TPSA) is 35.2 Å². The fraction of sp³-hybridized carbons (Fsp3) is 0.143. The first kappa shape index (κ1) is 12.0. The molecule has 17 heavy (non-hydrogen) atoms. The Morgan fingerprint density at radius 2 is 1.71 bits per heavy atom. The average Bonchev–Trinajstić information content (AvgIpc) is 2.25. The van der Waals surface area contributed by atoms with E-state index < -0.39 is 0 Å². The van der Waals surface area contributed by atoms with Gasteiger partial charge in [-0.25, -0.2) is 0 Å². The molecule has 2 aromatic carbocycles. The van der Waals surface area contributed by atoms with Crippen molar-refractivity contribution >= 4 is 21.6 Å². The Morgan fingerprint density at radius 1 is 1.00 bits per heavy atom. The maximum Gasteiger partial charge on any atom is 0.150 e. The number of halogens is 1. The lowest BCUT2D eigenvalue weighted by molar-refractivity contribution is 0.481. The smallest absolute Gasteiger partial charge is 0.150 e. The third-order valence-corrected chi connectivity index (χ3v) is 3.02. The molecule has 2 N–H and O–H groups in total. The van der Waals surface area contributed by atoms with Crippen molar-refractivity contribution in [3.05, 3.63) is 52.0 Å².